The number of nitrogens with zero attached hydrogens (tertiary/aromatic N) is 6. The Kier molecular flexibility index (Phi) is 9.50. The minimum Gasteiger partial charge on any atom is -0.309 e. The van der Waals surface area contributed by atoms with Gasteiger partial charge < -0.3 is 9.13 Å². The summed E-state index contributed by atoms with van der Waals surface area (Å²) in [4.78, 5) is 0. The zero-order chi connectivity index (χ0) is 46.1. The number of rotatable bonds is 5. The predicted molar refractivity (Wildman–Crippen MR) is 240 cm³/mol. The Bertz CT molecular complexity index is 3860. The number of halogens is 6. The van der Waals surface area contributed by atoms with Gasteiger partial charge in [0.15, 0.2) is 0 Å². The van der Waals surface area contributed by atoms with Crippen molar-refractivity contribution < 1.29 is 26.3 Å². The molecule has 0 saturated carbocycles. The summed E-state index contributed by atoms with van der Waals surface area (Å²) >= 11 is 0. The summed E-state index contributed by atoms with van der Waals surface area (Å²) in [6, 6.07) is 48.7. The normalized spacial score (nSPS) is 11.7. The second-order valence-electron chi connectivity index (χ2n) is 15.6. The molecular weight excluding hydrogens is 847 g/mol. The molecule has 0 N–H and O–H groups in total. The van der Waals surface area contributed by atoms with Gasteiger partial charge >= 0.3 is 12.4 Å². The van der Waals surface area contributed by atoms with Crippen LogP contribution in [0.2, 0.25) is 0 Å². The van der Waals surface area contributed by atoms with E-state index in [1.165, 1.54) is 34.9 Å². The van der Waals surface area contributed by atoms with E-state index in [1.54, 1.807) is 108 Å². The smallest absolute Gasteiger partial charge is 0.309 e. The maximum absolute atomic E-state index is 16.0. The Morgan fingerprint density at radius 3 is 1.33 bits per heavy atom. The van der Waals surface area contributed by atoms with Crippen LogP contribution in [-0.4, -0.2) is 9.13 Å². The zero-order valence-electron chi connectivity index (χ0n) is 34.0. The Hall–Kier alpha value is -9.10. The highest BCUT2D eigenvalue weighted by Crippen LogP contribution is 2.46. The topological polar surface area (TPSA) is 105 Å². The van der Waals surface area contributed by atoms with Crippen molar-refractivity contribution >= 4 is 43.6 Å². The van der Waals surface area contributed by atoms with Crippen molar-refractivity contribution in [2.24, 2.45) is 0 Å². The van der Waals surface area contributed by atoms with Crippen molar-refractivity contribution in [1.82, 2.24) is 9.13 Å². The number of alkyl halides is 6. The Morgan fingerprint density at radius 1 is 0.364 bits per heavy atom. The van der Waals surface area contributed by atoms with Crippen LogP contribution in [0.15, 0.2) is 158 Å². The van der Waals surface area contributed by atoms with Crippen LogP contribution in [0.3, 0.4) is 0 Å². The number of aromatic nitrogens is 2. The van der Waals surface area contributed by atoms with Crippen LogP contribution in [0, 0.1) is 45.3 Å². The van der Waals surface area contributed by atoms with E-state index in [4.69, 9.17) is 0 Å². The standard InChI is InChI=1S/C54H26F6N6/c55-53(56,57)38-7-5-6-33(22-38)43-25-52(66-48-11-4-2-9-42(48)45-24-35(15-19-50(45)66)40-17-13-32(28-62)21-37(40)30-64)46(54(58,59)60)26-51(43)65-47-10-3-1-8-41(47)44-23-34(14-18-49(44)65)39-16-12-31(27-61)20-36(39)29-63/h1-26H. The van der Waals surface area contributed by atoms with Crippen LogP contribution in [-0.2, 0) is 12.4 Å². The highest BCUT2D eigenvalue weighted by atomic mass is 19.4. The third-order valence-corrected chi connectivity index (χ3v) is 11.9. The molecule has 0 spiro atoms. The van der Waals surface area contributed by atoms with Crippen LogP contribution in [0.1, 0.15) is 33.4 Å². The minimum atomic E-state index is -4.99. The fourth-order valence-electron chi connectivity index (χ4n) is 8.98. The Balaban J connectivity index is 1.29. The molecule has 2 aromatic heterocycles. The van der Waals surface area contributed by atoms with Gasteiger partial charge in [0, 0.05) is 27.1 Å². The molecule has 0 amide bonds. The van der Waals surface area contributed by atoms with Crippen molar-refractivity contribution in [3.8, 4) is 69.0 Å². The van der Waals surface area contributed by atoms with E-state index in [-0.39, 0.29) is 39.2 Å². The van der Waals surface area contributed by atoms with E-state index in [0.717, 1.165) is 18.2 Å². The first-order valence-electron chi connectivity index (χ1n) is 20.2. The second kappa shape index (κ2) is 15.3. The SMILES string of the molecule is N#Cc1ccc(-c2ccc3c(c2)c2ccccc2n3-c2cc(C(F)(F)F)c(-n3c4ccccc4c4cc(-c5ccc(C#N)cc5C#N)ccc43)cc2-c2cccc(C(F)(F)F)c2)c(C#N)c1. The molecule has 6 nitrogen and oxygen atoms in total. The van der Waals surface area contributed by atoms with Gasteiger partial charge in [-0.05, 0) is 113 Å². The number of nitriles is 4. The molecule has 314 valence electrons. The molecule has 0 bridgehead atoms. The van der Waals surface area contributed by atoms with Gasteiger partial charge in [-0.2, -0.15) is 47.4 Å². The molecule has 0 aliphatic heterocycles. The molecular formula is C54H26F6N6. The largest absolute Gasteiger partial charge is 0.418 e. The maximum atomic E-state index is 16.0. The van der Waals surface area contributed by atoms with Gasteiger partial charge in [-0.15, -0.1) is 0 Å². The van der Waals surface area contributed by atoms with Crippen molar-refractivity contribution in [1.29, 1.82) is 21.0 Å². The van der Waals surface area contributed by atoms with Crippen molar-refractivity contribution in [2.45, 2.75) is 12.4 Å². The second-order valence-corrected chi connectivity index (χ2v) is 15.6. The molecule has 0 saturated heterocycles. The summed E-state index contributed by atoms with van der Waals surface area (Å²) < 4.78 is 94.3. The van der Waals surface area contributed by atoms with Gasteiger partial charge in [-0.3, -0.25) is 0 Å². The Labute approximate surface area is 371 Å². The average molecular weight is 873 g/mol. The van der Waals surface area contributed by atoms with E-state index in [1.807, 2.05) is 18.2 Å². The van der Waals surface area contributed by atoms with Gasteiger partial charge in [0.1, 0.15) is 0 Å². The molecule has 2 heterocycles. The van der Waals surface area contributed by atoms with E-state index in [0.29, 0.717) is 71.4 Å². The van der Waals surface area contributed by atoms with E-state index in [2.05, 4.69) is 12.1 Å². The molecule has 0 radical (unpaired) electrons. The molecule has 0 atom stereocenters. The number of hydrogen-bond donors (Lipinski definition) is 0. The molecule has 10 rings (SSSR count). The molecule has 0 fully saturated rings. The lowest BCUT2D eigenvalue weighted by molar-refractivity contribution is -0.138. The summed E-state index contributed by atoms with van der Waals surface area (Å²) in [6.45, 7) is 0. The first-order valence-corrected chi connectivity index (χ1v) is 20.2. The van der Waals surface area contributed by atoms with Gasteiger partial charge in [0.25, 0.3) is 0 Å². The number of fused-ring (bicyclic) bond motifs is 6. The van der Waals surface area contributed by atoms with Crippen molar-refractivity contribution in [3.63, 3.8) is 0 Å². The highest BCUT2D eigenvalue weighted by molar-refractivity contribution is 6.12. The lowest BCUT2D eigenvalue weighted by Crippen LogP contribution is -2.13. The van der Waals surface area contributed by atoms with Gasteiger partial charge in [-0.1, -0.05) is 72.8 Å². The summed E-state index contributed by atoms with van der Waals surface area (Å²) in [5.74, 6) is 0. The van der Waals surface area contributed by atoms with Crippen LogP contribution in [0.5, 0.6) is 0 Å². The van der Waals surface area contributed by atoms with Gasteiger partial charge in [-0.25, -0.2) is 0 Å². The molecule has 12 heteroatoms. The van der Waals surface area contributed by atoms with Crippen molar-refractivity contribution in [2.75, 3.05) is 0 Å². The fourth-order valence-corrected chi connectivity index (χ4v) is 8.98. The number of hydrogen-bond acceptors (Lipinski definition) is 4. The third kappa shape index (κ3) is 6.65. The van der Waals surface area contributed by atoms with E-state index in [9.17, 15) is 34.2 Å². The predicted octanol–water partition coefficient (Wildman–Crippen LogP) is 14.4. The quantitative estimate of drug-likeness (QED) is 0.161. The zero-order valence-corrected chi connectivity index (χ0v) is 34.0. The van der Waals surface area contributed by atoms with Gasteiger partial charge in [0.2, 0.25) is 0 Å². The molecule has 0 aliphatic rings. The van der Waals surface area contributed by atoms with Crippen LogP contribution in [0.4, 0.5) is 26.3 Å². The summed E-state index contributed by atoms with van der Waals surface area (Å²) in [5, 5.41) is 41.2. The van der Waals surface area contributed by atoms with Crippen LogP contribution >= 0.6 is 0 Å². The average Bonchev–Trinajstić information content (AvgIpc) is 3.84. The summed E-state index contributed by atoms with van der Waals surface area (Å²) in [6.07, 6.45) is -9.76. The maximum Gasteiger partial charge on any atom is 0.418 e. The van der Waals surface area contributed by atoms with E-state index < -0.39 is 23.5 Å². The van der Waals surface area contributed by atoms with Crippen molar-refractivity contribution in [3.05, 3.63) is 191 Å². The molecule has 0 unspecified atom stereocenters. The highest BCUT2D eigenvalue weighted by Gasteiger charge is 2.37. The number of benzene rings is 8. The molecule has 0 aliphatic carbocycles. The van der Waals surface area contributed by atoms with Crippen LogP contribution < -0.4 is 0 Å². The monoisotopic (exact) mass is 872 g/mol. The lowest BCUT2D eigenvalue weighted by atomic mass is 9.96. The minimum absolute atomic E-state index is 0.0153. The first-order chi connectivity index (χ1) is 31.8. The summed E-state index contributed by atoms with van der Waals surface area (Å²) in [7, 11) is 0. The third-order valence-electron chi connectivity index (χ3n) is 11.9. The molecule has 8 aromatic carbocycles. The summed E-state index contributed by atoms with van der Waals surface area (Å²) in [5.41, 5.74) is 2.66. The Morgan fingerprint density at radius 2 is 0.848 bits per heavy atom. The first kappa shape index (κ1) is 40.9. The molecule has 10 aromatic rings. The van der Waals surface area contributed by atoms with Gasteiger partial charge in [0.05, 0.1) is 91.1 Å². The molecule has 66 heavy (non-hydrogen) atoms. The fraction of sp³-hybridized carbons (Fsp3) is 0.0370. The van der Waals surface area contributed by atoms with E-state index >= 15 is 13.2 Å². The number of para-hydroxylation sites is 2. The lowest BCUT2D eigenvalue weighted by Gasteiger charge is -2.22. The van der Waals surface area contributed by atoms with Crippen LogP contribution in [0.25, 0.3) is 88.4 Å².